The predicted molar refractivity (Wildman–Crippen MR) is 62.8 cm³/mol. The molecule has 0 bridgehead atoms. The number of carbonyl (C=O) groups is 1. The second kappa shape index (κ2) is 4.99. The Kier molecular flexibility index (Phi) is 3.90. The van der Waals surface area contributed by atoms with E-state index in [1.165, 1.54) is 12.1 Å². The summed E-state index contributed by atoms with van der Waals surface area (Å²) >= 11 is 0. The van der Waals surface area contributed by atoms with Gasteiger partial charge in [-0.05, 0) is 37.6 Å². The van der Waals surface area contributed by atoms with Crippen LogP contribution in [0, 0.1) is 0 Å². The highest BCUT2D eigenvalue weighted by molar-refractivity contribution is 5.87. The molecule has 0 heterocycles. The Bertz CT molecular complexity index is 357. The van der Waals surface area contributed by atoms with E-state index >= 15 is 0 Å². The highest BCUT2D eigenvalue weighted by atomic mass is 16.4. The van der Waals surface area contributed by atoms with Crippen molar-refractivity contribution in [1.82, 2.24) is 0 Å². The molecule has 0 aliphatic carbocycles. The van der Waals surface area contributed by atoms with Crippen LogP contribution in [0.5, 0.6) is 0 Å². The fourth-order valence-electron chi connectivity index (χ4n) is 1.15. The molecule has 0 aromatic heterocycles. The number of carboxylic acid groups (broad SMARTS) is 1. The molecule has 0 radical (unpaired) electrons. The summed E-state index contributed by atoms with van der Waals surface area (Å²) < 4.78 is 0. The number of hydrogen-bond acceptors (Lipinski definition) is 3. The summed E-state index contributed by atoms with van der Waals surface area (Å²) in [6.45, 7) is 4.11. The maximum absolute atomic E-state index is 10.6. The van der Waals surface area contributed by atoms with Crippen LogP contribution in [0.2, 0.25) is 0 Å². The van der Waals surface area contributed by atoms with Crippen molar-refractivity contribution in [3.8, 4) is 0 Å². The Hall–Kier alpha value is -1.55. The number of aromatic carboxylic acids is 1. The van der Waals surface area contributed by atoms with Gasteiger partial charge in [0.15, 0.2) is 0 Å². The van der Waals surface area contributed by atoms with Gasteiger partial charge in [0.05, 0.1) is 11.2 Å². The van der Waals surface area contributed by atoms with Crippen LogP contribution in [0.4, 0.5) is 5.69 Å². The van der Waals surface area contributed by atoms with Crippen LogP contribution < -0.4 is 5.32 Å². The Morgan fingerprint density at radius 1 is 1.38 bits per heavy atom. The van der Waals surface area contributed by atoms with Gasteiger partial charge >= 0.3 is 5.97 Å². The van der Waals surface area contributed by atoms with Gasteiger partial charge in [-0.15, -0.1) is 0 Å². The fourth-order valence-corrected chi connectivity index (χ4v) is 1.15. The Morgan fingerprint density at radius 2 is 1.94 bits per heavy atom. The van der Waals surface area contributed by atoms with Gasteiger partial charge in [-0.25, -0.2) is 4.79 Å². The maximum Gasteiger partial charge on any atom is 0.335 e. The van der Waals surface area contributed by atoms with Gasteiger partial charge in [0, 0.05) is 12.2 Å². The van der Waals surface area contributed by atoms with Crippen molar-refractivity contribution in [3.63, 3.8) is 0 Å². The van der Waals surface area contributed by atoms with E-state index in [1.54, 1.807) is 19.1 Å². The third-order valence-corrected chi connectivity index (χ3v) is 2.57. The lowest BCUT2D eigenvalue weighted by molar-refractivity contribution is 0.0688. The van der Waals surface area contributed by atoms with Gasteiger partial charge in [0.25, 0.3) is 0 Å². The molecule has 0 aliphatic rings. The molecule has 16 heavy (non-hydrogen) atoms. The average Bonchev–Trinajstić information content (AvgIpc) is 2.27. The highest BCUT2D eigenvalue weighted by Crippen LogP contribution is 2.13. The summed E-state index contributed by atoms with van der Waals surface area (Å²) in [6.07, 6.45) is 0.660. The van der Waals surface area contributed by atoms with Crippen molar-refractivity contribution in [3.05, 3.63) is 29.8 Å². The van der Waals surface area contributed by atoms with Gasteiger partial charge < -0.3 is 15.5 Å². The summed E-state index contributed by atoms with van der Waals surface area (Å²) in [5, 5.41) is 21.5. The summed E-state index contributed by atoms with van der Waals surface area (Å²) in [5.74, 6) is -0.938. The zero-order valence-corrected chi connectivity index (χ0v) is 9.53. The Morgan fingerprint density at radius 3 is 2.38 bits per heavy atom. The van der Waals surface area contributed by atoms with E-state index in [-0.39, 0.29) is 5.56 Å². The molecule has 4 heteroatoms. The molecule has 0 saturated heterocycles. The van der Waals surface area contributed by atoms with E-state index in [4.69, 9.17) is 5.11 Å². The van der Waals surface area contributed by atoms with Gasteiger partial charge in [-0.2, -0.15) is 0 Å². The lowest BCUT2D eigenvalue weighted by Crippen LogP contribution is -2.32. The van der Waals surface area contributed by atoms with E-state index in [2.05, 4.69) is 5.32 Å². The maximum atomic E-state index is 10.6. The molecule has 1 aromatic rings. The van der Waals surface area contributed by atoms with E-state index in [0.29, 0.717) is 13.0 Å². The monoisotopic (exact) mass is 223 g/mol. The first-order valence-corrected chi connectivity index (χ1v) is 5.24. The quantitative estimate of drug-likeness (QED) is 0.713. The Labute approximate surface area is 94.9 Å². The minimum absolute atomic E-state index is 0.257. The minimum atomic E-state index is -0.938. The van der Waals surface area contributed by atoms with Crippen LogP contribution in [-0.4, -0.2) is 28.3 Å². The highest BCUT2D eigenvalue weighted by Gasteiger charge is 2.16. The third kappa shape index (κ3) is 3.55. The number of hydrogen-bond donors (Lipinski definition) is 3. The van der Waals surface area contributed by atoms with Crippen LogP contribution in [-0.2, 0) is 0 Å². The van der Waals surface area contributed by atoms with E-state index in [0.717, 1.165) is 5.69 Å². The second-order valence-corrected chi connectivity index (χ2v) is 4.09. The zero-order valence-electron chi connectivity index (χ0n) is 9.53. The van der Waals surface area contributed by atoms with Crippen LogP contribution >= 0.6 is 0 Å². The number of benzene rings is 1. The second-order valence-electron chi connectivity index (χ2n) is 4.09. The lowest BCUT2D eigenvalue weighted by atomic mass is 10.0. The van der Waals surface area contributed by atoms with Crippen LogP contribution in [0.1, 0.15) is 30.6 Å². The van der Waals surface area contributed by atoms with Crippen LogP contribution in [0.3, 0.4) is 0 Å². The molecule has 4 nitrogen and oxygen atoms in total. The molecule has 1 rings (SSSR count). The largest absolute Gasteiger partial charge is 0.478 e. The van der Waals surface area contributed by atoms with E-state index in [9.17, 15) is 9.90 Å². The van der Waals surface area contributed by atoms with Crippen molar-refractivity contribution in [2.75, 3.05) is 11.9 Å². The first-order valence-electron chi connectivity index (χ1n) is 5.24. The molecule has 0 aliphatic heterocycles. The van der Waals surface area contributed by atoms with Crippen LogP contribution in [0.15, 0.2) is 24.3 Å². The summed E-state index contributed by atoms with van der Waals surface area (Å²) in [7, 11) is 0. The predicted octanol–water partition coefficient (Wildman–Crippen LogP) is 1.96. The Balaban J connectivity index is 2.59. The van der Waals surface area contributed by atoms with Gasteiger partial charge in [-0.1, -0.05) is 6.92 Å². The normalized spacial score (nSPS) is 14.2. The SMILES string of the molecule is CCC(C)(O)CNc1ccc(C(=O)O)cc1. The number of aliphatic hydroxyl groups is 1. The van der Waals surface area contributed by atoms with E-state index < -0.39 is 11.6 Å². The first-order chi connectivity index (χ1) is 7.44. The zero-order chi connectivity index (χ0) is 12.2. The van der Waals surface area contributed by atoms with E-state index in [1.807, 2.05) is 6.92 Å². The number of carboxylic acids is 1. The topological polar surface area (TPSA) is 69.6 Å². The molecular weight excluding hydrogens is 206 g/mol. The molecule has 0 fully saturated rings. The minimum Gasteiger partial charge on any atom is -0.478 e. The average molecular weight is 223 g/mol. The summed E-state index contributed by atoms with van der Waals surface area (Å²) in [5.41, 5.74) is 0.317. The van der Waals surface area contributed by atoms with Crippen molar-refractivity contribution >= 4 is 11.7 Å². The lowest BCUT2D eigenvalue weighted by Gasteiger charge is -2.22. The van der Waals surface area contributed by atoms with Crippen LogP contribution in [0.25, 0.3) is 0 Å². The number of rotatable bonds is 5. The van der Waals surface area contributed by atoms with Crippen molar-refractivity contribution in [2.45, 2.75) is 25.9 Å². The number of nitrogens with one attached hydrogen (secondary N) is 1. The van der Waals surface area contributed by atoms with Crippen molar-refractivity contribution in [1.29, 1.82) is 0 Å². The molecule has 0 amide bonds. The molecule has 1 atom stereocenters. The smallest absolute Gasteiger partial charge is 0.335 e. The van der Waals surface area contributed by atoms with Gasteiger partial charge in [0.1, 0.15) is 0 Å². The number of anilines is 1. The van der Waals surface area contributed by atoms with Gasteiger partial charge in [0.2, 0.25) is 0 Å². The summed E-state index contributed by atoms with van der Waals surface area (Å²) in [6, 6.07) is 6.45. The summed E-state index contributed by atoms with van der Waals surface area (Å²) in [4.78, 5) is 10.6. The molecule has 3 N–H and O–H groups in total. The standard InChI is InChI=1S/C12H17NO3/c1-3-12(2,16)8-13-10-6-4-9(5-7-10)11(14)15/h4-7,13,16H,3,8H2,1-2H3,(H,14,15). The molecule has 0 spiro atoms. The molecule has 1 unspecified atom stereocenters. The molecule has 0 saturated carbocycles. The molecule has 88 valence electrons. The molecular formula is C12H17NO3. The van der Waals surface area contributed by atoms with Gasteiger partial charge in [-0.3, -0.25) is 0 Å². The first kappa shape index (κ1) is 12.5. The fraction of sp³-hybridized carbons (Fsp3) is 0.417. The third-order valence-electron chi connectivity index (χ3n) is 2.57. The molecule has 1 aromatic carbocycles. The van der Waals surface area contributed by atoms with Crippen molar-refractivity contribution < 1.29 is 15.0 Å². The van der Waals surface area contributed by atoms with Crippen molar-refractivity contribution in [2.24, 2.45) is 0 Å².